The van der Waals surface area contributed by atoms with Crippen LogP contribution < -0.4 is 11.1 Å². The summed E-state index contributed by atoms with van der Waals surface area (Å²) in [5.41, 5.74) is 7.18. The molecule has 0 bridgehead atoms. The van der Waals surface area contributed by atoms with Crippen LogP contribution in [-0.2, 0) is 4.79 Å². The summed E-state index contributed by atoms with van der Waals surface area (Å²) in [4.78, 5) is 12.8. The van der Waals surface area contributed by atoms with Crippen LogP contribution in [0.3, 0.4) is 0 Å². The maximum absolute atomic E-state index is 12.4. The first-order chi connectivity index (χ1) is 10.1. The number of halogens is 1. The summed E-state index contributed by atoms with van der Waals surface area (Å²) in [6, 6.07) is 5.52. The van der Waals surface area contributed by atoms with Crippen molar-refractivity contribution in [1.29, 1.82) is 0 Å². The van der Waals surface area contributed by atoms with Crippen molar-refractivity contribution in [2.24, 2.45) is 11.7 Å². The third-order valence-corrected chi connectivity index (χ3v) is 4.88. The van der Waals surface area contributed by atoms with Crippen LogP contribution in [0.5, 0.6) is 0 Å². The van der Waals surface area contributed by atoms with E-state index in [1.165, 1.54) is 19.3 Å². The summed E-state index contributed by atoms with van der Waals surface area (Å²) in [6.07, 6.45) is 8.09. The Morgan fingerprint density at radius 3 is 2.38 bits per heavy atom. The van der Waals surface area contributed by atoms with E-state index < -0.39 is 0 Å². The van der Waals surface area contributed by atoms with Gasteiger partial charge in [-0.2, -0.15) is 0 Å². The van der Waals surface area contributed by atoms with E-state index in [1.807, 2.05) is 18.2 Å². The molecule has 0 radical (unpaired) electrons. The van der Waals surface area contributed by atoms with Gasteiger partial charge < -0.3 is 11.1 Å². The summed E-state index contributed by atoms with van der Waals surface area (Å²) >= 11 is 8.42. The van der Waals surface area contributed by atoms with E-state index in [4.69, 9.17) is 18.0 Å². The third kappa shape index (κ3) is 4.78. The monoisotopic (exact) mass is 368 g/mol. The molecule has 0 unspecified atom stereocenters. The van der Waals surface area contributed by atoms with Gasteiger partial charge in [0.15, 0.2) is 0 Å². The molecule has 0 spiro atoms. The highest BCUT2D eigenvalue weighted by atomic mass is 79.9. The molecule has 0 atom stereocenters. The zero-order chi connectivity index (χ0) is 15.2. The van der Waals surface area contributed by atoms with Crippen LogP contribution in [0.4, 0.5) is 5.69 Å². The standard InChI is InChI=1S/C16H21BrN2OS/c17-13-10-12(15(18)21)8-9-14(13)19-16(20)11-6-4-2-1-3-5-7-11/h8-11H,1-7H2,(H2,18,21)(H,19,20). The van der Waals surface area contributed by atoms with Gasteiger partial charge in [0.2, 0.25) is 5.91 Å². The number of hydrogen-bond donors (Lipinski definition) is 2. The van der Waals surface area contributed by atoms with Crippen molar-refractivity contribution >= 4 is 44.7 Å². The maximum atomic E-state index is 12.4. The molecule has 114 valence electrons. The Kier molecular flexibility index (Phi) is 6.18. The van der Waals surface area contributed by atoms with Gasteiger partial charge >= 0.3 is 0 Å². The Balaban J connectivity index is 2.02. The normalized spacial score (nSPS) is 16.8. The lowest BCUT2D eigenvalue weighted by atomic mass is 9.90. The smallest absolute Gasteiger partial charge is 0.227 e. The average Bonchev–Trinajstić information content (AvgIpc) is 2.40. The van der Waals surface area contributed by atoms with Crippen LogP contribution in [0.2, 0.25) is 0 Å². The second-order valence-electron chi connectivity index (χ2n) is 5.59. The van der Waals surface area contributed by atoms with E-state index in [-0.39, 0.29) is 11.8 Å². The minimum atomic E-state index is 0.126. The molecule has 1 fully saturated rings. The van der Waals surface area contributed by atoms with E-state index in [0.717, 1.165) is 41.4 Å². The summed E-state index contributed by atoms with van der Waals surface area (Å²) < 4.78 is 0.812. The molecule has 0 aliphatic heterocycles. The van der Waals surface area contributed by atoms with Crippen LogP contribution in [-0.4, -0.2) is 10.9 Å². The average molecular weight is 369 g/mol. The fourth-order valence-electron chi connectivity index (χ4n) is 2.72. The fraction of sp³-hybridized carbons (Fsp3) is 0.500. The topological polar surface area (TPSA) is 55.1 Å². The predicted molar refractivity (Wildman–Crippen MR) is 94.5 cm³/mol. The van der Waals surface area contributed by atoms with Gasteiger partial charge in [-0.25, -0.2) is 0 Å². The minimum Gasteiger partial charge on any atom is -0.389 e. The summed E-state index contributed by atoms with van der Waals surface area (Å²) in [5.74, 6) is 0.258. The van der Waals surface area contributed by atoms with Gasteiger partial charge in [0, 0.05) is 16.0 Å². The van der Waals surface area contributed by atoms with Crippen molar-refractivity contribution in [2.45, 2.75) is 44.9 Å². The molecule has 1 saturated carbocycles. The number of carbonyl (C=O) groups is 1. The molecular formula is C16H21BrN2OS. The van der Waals surface area contributed by atoms with Crippen molar-refractivity contribution < 1.29 is 4.79 Å². The molecule has 0 heterocycles. The fourth-order valence-corrected chi connectivity index (χ4v) is 3.33. The van der Waals surface area contributed by atoms with E-state index in [1.54, 1.807) is 0 Å². The molecule has 5 heteroatoms. The van der Waals surface area contributed by atoms with Gasteiger partial charge in [-0.15, -0.1) is 0 Å². The van der Waals surface area contributed by atoms with Gasteiger partial charge in [-0.05, 0) is 47.0 Å². The second-order valence-corrected chi connectivity index (χ2v) is 6.88. The van der Waals surface area contributed by atoms with E-state index in [9.17, 15) is 4.79 Å². The Morgan fingerprint density at radius 2 is 1.81 bits per heavy atom. The molecule has 21 heavy (non-hydrogen) atoms. The molecule has 1 aromatic rings. The van der Waals surface area contributed by atoms with Gasteiger partial charge in [-0.3, -0.25) is 4.79 Å². The second kappa shape index (κ2) is 7.90. The highest BCUT2D eigenvalue weighted by molar-refractivity contribution is 9.10. The predicted octanol–water partition coefficient (Wildman–Crippen LogP) is 4.38. The summed E-state index contributed by atoms with van der Waals surface area (Å²) in [5, 5.41) is 3.02. The zero-order valence-corrected chi connectivity index (χ0v) is 14.4. The van der Waals surface area contributed by atoms with E-state index in [0.29, 0.717) is 4.99 Å². The van der Waals surface area contributed by atoms with Crippen molar-refractivity contribution in [2.75, 3.05) is 5.32 Å². The Hall–Kier alpha value is -0.940. The number of benzene rings is 1. The van der Waals surface area contributed by atoms with Gasteiger partial charge in [0.05, 0.1) is 5.69 Å². The number of anilines is 1. The van der Waals surface area contributed by atoms with Crippen LogP contribution in [0, 0.1) is 5.92 Å². The van der Waals surface area contributed by atoms with Crippen LogP contribution >= 0.6 is 28.1 Å². The number of thiocarbonyl (C=S) groups is 1. The Morgan fingerprint density at radius 1 is 1.19 bits per heavy atom. The number of amides is 1. The quantitative estimate of drug-likeness (QED) is 0.778. The van der Waals surface area contributed by atoms with Crippen molar-refractivity contribution in [3.63, 3.8) is 0 Å². The first-order valence-corrected chi connectivity index (χ1v) is 8.68. The molecule has 3 nitrogen and oxygen atoms in total. The Bertz CT molecular complexity index is 525. The number of carbonyl (C=O) groups excluding carboxylic acids is 1. The first-order valence-electron chi connectivity index (χ1n) is 7.48. The molecule has 1 aliphatic carbocycles. The lowest BCUT2D eigenvalue weighted by Crippen LogP contribution is -2.24. The Labute approximate surface area is 139 Å². The summed E-state index contributed by atoms with van der Waals surface area (Å²) in [7, 11) is 0. The molecule has 1 aliphatic rings. The molecule has 2 rings (SSSR count). The number of nitrogens with one attached hydrogen (secondary N) is 1. The number of nitrogens with two attached hydrogens (primary N) is 1. The van der Waals surface area contributed by atoms with Gasteiger partial charge in [-0.1, -0.05) is 44.3 Å². The molecule has 1 aromatic carbocycles. The van der Waals surface area contributed by atoms with Crippen LogP contribution in [0.1, 0.15) is 50.5 Å². The summed E-state index contributed by atoms with van der Waals surface area (Å²) in [6.45, 7) is 0. The SMILES string of the molecule is NC(=S)c1ccc(NC(=O)C2CCCCCCC2)c(Br)c1. The van der Waals surface area contributed by atoms with Crippen molar-refractivity contribution in [3.05, 3.63) is 28.2 Å². The molecule has 3 N–H and O–H groups in total. The zero-order valence-electron chi connectivity index (χ0n) is 12.0. The number of hydrogen-bond acceptors (Lipinski definition) is 2. The highest BCUT2D eigenvalue weighted by Gasteiger charge is 2.20. The molecular weight excluding hydrogens is 348 g/mol. The van der Waals surface area contributed by atoms with Gasteiger partial charge in [0.1, 0.15) is 4.99 Å². The van der Waals surface area contributed by atoms with E-state index >= 15 is 0 Å². The highest BCUT2D eigenvalue weighted by Crippen LogP contribution is 2.27. The van der Waals surface area contributed by atoms with Crippen LogP contribution in [0.25, 0.3) is 0 Å². The lowest BCUT2D eigenvalue weighted by molar-refractivity contribution is -0.120. The first kappa shape index (κ1) is 16.4. The number of rotatable bonds is 3. The van der Waals surface area contributed by atoms with Crippen molar-refractivity contribution in [1.82, 2.24) is 0 Å². The van der Waals surface area contributed by atoms with Crippen molar-refractivity contribution in [3.8, 4) is 0 Å². The molecule has 0 aromatic heterocycles. The van der Waals surface area contributed by atoms with E-state index in [2.05, 4.69) is 21.2 Å². The molecule has 1 amide bonds. The third-order valence-electron chi connectivity index (χ3n) is 3.99. The lowest BCUT2D eigenvalue weighted by Gasteiger charge is -2.19. The maximum Gasteiger partial charge on any atom is 0.227 e. The van der Waals surface area contributed by atoms with Crippen LogP contribution in [0.15, 0.2) is 22.7 Å². The largest absolute Gasteiger partial charge is 0.389 e. The minimum absolute atomic E-state index is 0.126. The van der Waals surface area contributed by atoms with Gasteiger partial charge in [0.25, 0.3) is 0 Å². The molecule has 0 saturated heterocycles.